The molecule has 3 nitrogen and oxygen atoms in total. The Kier molecular flexibility index (Phi) is 4.79. The second kappa shape index (κ2) is 6.21. The van der Waals surface area contributed by atoms with Gasteiger partial charge in [0, 0.05) is 17.8 Å². The van der Waals surface area contributed by atoms with Gasteiger partial charge in [-0.05, 0) is 56.2 Å². The van der Waals surface area contributed by atoms with E-state index in [1.807, 2.05) is 0 Å². The first-order chi connectivity index (χ1) is 9.39. The average molecular weight is 275 g/mol. The molecule has 0 spiro atoms. The molecule has 112 valence electrons. The Labute approximate surface area is 123 Å². The Hall–Kier alpha value is -0.960. The van der Waals surface area contributed by atoms with E-state index in [4.69, 9.17) is 9.97 Å². The van der Waals surface area contributed by atoms with Crippen LogP contribution < -0.4 is 5.32 Å². The summed E-state index contributed by atoms with van der Waals surface area (Å²) in [6.07, 6.45) is 4.48. The highest BCUT2D eigenvalue weighted by atomic mass is 14.9. The highest BCUT2D eigenvalue weighted by molar-refractivity contribution is 5.28. The summed E-state index contributed by atoms with van der Waals surface area (Å²) in [4.78, 5) is 9.60. The summed E-state index contributed by atoms with van der Waals surface area (Å²) >= 11 is 0. The molecule has 20 heavy (non-hydrogen) atoms. The molecule has 1 N–H and O–H groups in total. The van der Waals surface area contributed by atoms with Gasteiger partial charge in [-0.2, -0.15) is 0 Å². The molecule has 0 radical (unpaired) electrons. The molecule has 0 aromatic carbocycles. The zero-order valence-corrected chi connectivity index (χ0v) is 13.7. The first-order valence-electron chi connectivity index (χ1n) is 7.95. The molecule has 0 bridgehead atoms. The monoisotopic (exact) mass is 275 g/mol. The van der Waals surface area contributed by atoms with Crippen LogP contribution in [0.25, 0.3) is 0 Å². The van der Waals surface area contributed by atoms with Crippen molar-refractivity contribution in [1.29, 1.82) is 0 Å². The minimum Gasteiger partial charge on any atom is -0.317 e. The minimum absolute atomic E-state index is 0.253. The van der Waals surface area contributed by atoms with Crippen LogP contribution in [0.2, 0.25) is 0 Å². The van der Waals surface area contributed by atoms with E-state index in [1.165, 1.54) is 23.4 Å². The first-order valence-corrected chi connectivity index (χ1v) is 7.95. The van der Waals surface area contributed by atoms with Crippen molar-refractivity contribution >= 4 is 0 Å². The van der Waals surface area contributed by atoms with Gasteiger partial charge in [-0.25, -0.2) is 9.97 Å². The van der Waals surface area contributed by atoms with Crippen molar-refractivity contribution in [3.63, 3.8) is 0 Å². The number of aromatic nitrogens is 2. The number of nitrogens with zero attached hydrogens (tertiary/aromatic N) is 2. The highest BCUT2D eigenvalue weighted by Gasteiger charge is 2.23. The fourth-order valence-corrected chi connectivity index (χ4v) is 3.00. The maximum absolute atomic E-state index is 4.84. The third-order valence-corrected chi connectivity index (χ3v) is 4.00. The van der Waals surface area contributed by atoms with Crippen LogP contribution in [0.3, 0.4) is 0 Å². The van der Waals surface area contributed by atoms with Gasteiger partial charge < -0.3 is 5.32 Å². The standard InChI is InChI=1S/C17H29N3/c1-6-18-11-13-7-8-15-14(9-13)12(2)19-16(20-15)10-17(3,4)5/h13,18H,6-11H2,1-5H3. The zero-order valence-electron chi connectivity index (χ0n) is 13.7. The summed E-state index contributed by atoms with van der Waals surface area (Å²) in [6.45, 7) is 13.3. The van der Waals surface area contributed by atoms with Gasteiger partial charge in [0.15, 0.2) is 0 Å². The van der Waals surface area contributed by atoms with Gasteiger partial charge in [0.1, 0.15) is 5.82 Å². The van der Waals surface area contributed by atoms with Gasteiger partial charge in [-0.15, -0.1) is 0 Å². The summed E-state index contributed by atoms with van der Waals surface area (Å²) in [5.41, 5.74) is 4.18. The number of rotatable bonds is 4. The van der Waals surface area contributed by atoms with Crippen molar-refractivity contribution in [2.24, 2.45) is 11.3 Å². The van der Waals surface area contributed by atoms with E-state index in [2.05, 4.69) is 39.9 Å². The molecule has 0 amide bonds. The molecule has 1 heterocycles. The van der Waals surface area contributed by atoms with E-state index in [0.717, 1.165) is 44.1 Å². The Morgan fingerprint density at radius 3 is 2.65 bits per heavy atom. The molecule has 1 aromatic heterocycles. The molecule has 0 saturated heterocycles. The van der Waals surface area contributed by atoms with Crippen LogP contribution in [0.5, 0.6) is 0 Å². The quantitative estimate of drug-likeness (QED) is 0.917. The first kappa shape index (κ1) is 15.4. The molecule has 1 atom stereocenters. The maximum atomic E-state index is 4.84. The van der Waals surface area contributed by atoms with E-state index in [9.17, 15) is 0 Å². The van der Waals surface area contributed by atoms with E-state index in [0.29, 0.717) is 0 Å². The van der Waals surface area contributed by atoms with E-state index in [-0.39, 0.29) is 5.41 Å². The van der Waals surface area contributed by atoms with Crippen molar-refractivity contribution in [3.8, 4) is 0 Å². The lowest BCUT2D eigenvalue weighted by Gasteiger charge is -2.26. The lowest BCUT2D eigenvalue weighted by atomic mass is 9.85. The molecule has 1 aromatic rings. The summed E-state index contributed by atoms with van der Waals surface area (Å²) in [7, 11) is 0. The normalized spacial score (nSPS) is 18.9. The lowest BCUT2D eigenvalue weighted by molar-refractivity contribution is 0.393. The zero-order chi connectivity index (χ0) is 14.8. The highest BCUT2D eigenvalue weighted by Crippen LogP contribution is 2.27. The van der Waals surface area contributed by atoms with Crippen molar-refractivity contribution in [1.82, 2.24) is 15.3 Å². The number of fused-ring (bicyclic) bond motifs is 1. The van der Waals surface area contributed by atoms with Crippen molar-refractivity contribution in [2.45, 2.75) is 60.3 Å². The molecular weight excluding hydrogens is 246 g/mol. The molecule has 3 heteroatoms. The van der Waals surface area contributed by atoms with Crippen molar-refractivity contribution in [2.75, 3.05) is 13.1 Å². The summed E-state index contributed by atoms with van der Waals surface area (Å²) < 4.78 is 0. The fourth-order valence-electron chi connectivity index (χ4n) is 3.00. The number of hydrogen-bond donors (Lipinski definition) is 1. The van der Waals surface area contributed by atoms with Crippen molar-refractivity contribution < 1.29 is 0 Å². The smallest absolute Gasteiger partial charge is 0.129 e. The molecule has 1 unspecified atom stereocenters. The summed E-state index contributed by atoms with van der Waals surface area (Å²) in [6, 6.07) is 0. The Morgan fingerprint density at radius 2 is 2.00 bits per heavy atom. The van der Waals surface area contributed by atoms with E-state index < -0.39 is 0 Å². The predicted octanol–water partition coefficient (Wildman–Crippen LogP) is 3.09. The number of hydrogen-bond acceptors (Lipinski definition) is 3. The van der Waals surface area contributed by atoms with Crippen LogP contribution in [0.15, 0.2) is 0 Å². The topological polar surface area (TPSA) is 37.8 Å². The fraction of sp³-hybridized carbons (Fsp3) is 0.765. The molecular formula is C17H29N3. The minimum atomic E-state index is 0.253. The number of aryl methyl sites for hydroxylation is 2. The molecule has 0 fully saturated rings. The van der Waals surface area contributed by atoms with Crippen LogP contribution in [-0.4, -0.2) is 23.1 Å². The van der Waals surface area contributed by atoms with Gasteiger partial charge >= 0.3 is 0 Å². The second-order valence-electron chi connectivity index (χ2n) is 7.30. The van der Waals surface area contributed by atoms with Gasteiger partial charge in [-0.1, -0.05) is 27.7 Å². The molecule has 0 saturated carbocycles. The molecule has 0 aliphatic heterocycles. The largest absolute Gasteiger partial charge is 0.317 e. The third-order valence-electron chi connectivity index (χ3n) is 4.00. The van der Waals surface area contributed by atoms with Gasteiger partial charge in [0.2, 0.25) is 0 Å². The number of nitrogens with one attached hydrogen (secondary N) is 1. The molecule has 1 aliphatic carbocycles. The second-order valence-corrected chi connectivity index (χ2v) is 7.30. The van der Waals surface area contributed by atoms with Crippen LogP contribution in [0.1, 0.15) is 56.9 Å². The SMILES string of the molecule is CCNCC1CCc2nc(CC(C)(C)C)nc(C)c2C1. The molecule has 1 aliphatic rings. The van der Waals surface area contributed by atoms with Gasteiger partial charge in [0.25, 0.3) is 0 Å². The van der Waals surface area contributed by atoms with Crippen LogP contribution >= 0.6 is 0 Å². The van der Waals surface area contributed by atoms with Gasteiger partial charge in [-0.3, -0.25) is 0 Å². The maximum Gasteiger partial charge on any atom is 0.129 e. The van der Waals surface area contributed by atoms with Crippen LogP contribution in [-0.2, 0) is 19.3 Å². The summed E-state index contributed by atoms with van der Waals surface area (Å²) in [5.74, 6) is 1.78. The van der Waals surface area contributed by atoms with E-state index >= 15 is 0 Å². The third kappa shape index (κ3) is 4.02. The Bertz CT molecular complexity index is 460. The van der Waals surface area contributed by atoms with Crippen LogP contribution in [0.4, 0.5) is 0 Å². The summed E-state index contributed by atoms with van der Waals surface area (Å²) in [5, 5.41) is 3.47. The van der Waals surface area contributed by atoms with E-state index in [1.54, 1.807) is 0 Å². The Morgan fingerprint density at radius 1 is 1.25 bits per heavy atom. The Balaban J connectivity index is 2.15. The average Bonchev–Trinajstić information content (AvgIpc) is 2.34. The predicted molar refractivity (Wildman–Crippen MR) is 84.0 cm³/mol. The molecule has 2 rings (SSSR count). The van der Waals surface area contributed by atoms with Crippen LogP contribution in [0, 0.1) is 18.3 Å². The lowest BCUT2D eigenvalue weighted by Crippen LogP contribution is -2.28. The van der Waals surface area contributed by atoms with Crippen molar-refractivity contribution in [3.05, 3.63) is 22.8 Å². The van der Waals surface area contributed by atoms with Gasteiger partial charge in [0.05, 0.1) is 0 Å².